The number of H-pyrrole nitrogens is 1. The number of nitrogens with zero attached hydrogens (tertiary/aromatic N) is 2. The van der Waals surface area contributed by atoms with E-state index in [2.05, 4.69) is 40.9 Å². The molecule has 2 heterocycles. The Morgan fingerprint density at radius 3 is 2.85 bits per heavy atom. The number of hydrogen-bond acceptors (Lipinski definition) is 5. The molecule has 0 aliphatic rings. The van der Waals surface area contributed by atoms with Gasteiger partial charge in [0.05, 0.1) is 6.54 Å². The Hall–Kier alpha value is -1.45. The van der Waals surface area contributed by atoms with E-state index in [4.69, 9.17) is 0 Å². The highest BCUT2D eigenvalue weighted by atomic mass is 79.9. The van der Waals surface area contributed by atoms with Gasteiger partial charge in [-0.1, -0.05) is 0 Å². The van der Waals surface area contributed by atoms with E-state index in [0.717, 1.165) is 0 Å². The van der Waals surface area contributed by atoms with Gasteiger partial charge in [0.15, 0.2) is 0 Å². The molecular weight excluding hydrogens is 346 g/mol. The molecule has 2 aromatic heterocycles. The van der Waals surface area contributed by atoms with Crippen LogP contribution in [0.2, 0.25) is 0 Å². The molecule has 0 aliphatic carbocycles. The fraction of sp³-hybridized carbons (Fsp3) is 0.273. The van der Waals surface area contributed by atoms with Gasteiger partial charge in [0, 0.05) is 29.6 Å². The van der Waals surface area contributed by atoms with Crippen LogP contribution >= 0.6 is 15.9 Å². The number of imidazole rings is 1. The Morgan fingerprint density at radius 1 is 1.40 bits per heavy atom. The average molecular weight is 360 g/mol. The van der Waals surface area contributed by atoms with Crippen LogP contribution in [0.5, 0.6) is 0 Å². The van der Waals surface area contributed by atoms with Crippen LogP contribution in [0.1, 0.15) is 12.7 Å². The molecule has 20 heavy (non-hydrogen) atoms. The number of pyridine rings is 1. The van der Waals surface area contributed by atoms with Crippen molar-refractivity contribution in [1.82, 2.24) is 19.7 Å². The van der Waals surface area contributed by atoms with Crippen molar-refractivity contribution >= 4 is 31.8 Å². The minimum absolute atomic E-state index is 0.0907. The maximum atomic E-state index is 12.3. The van der Waals surface area contributed by atoms with Gasteiger partial charge in [0.2, 0.25) is 10.0 Å². The first-order valence-electron chi connectivity index (χ1n) is 5.90. The lowest BCUT2D eigenvalue weighted by Gasteiger charge is -2.11. The highest BCUT2D eigenvalue weighted by molar-refractivity contribution is 9.10. The zero-order valence-corrected chi connectivity index (χ0v) is 13.1. The Labute approximate surface area is 125 Å². The van der Waals surface area contributed by atoms with Gasteiger partial charge >= 0.3 is 0 Å². The van der Waals surface area contributed by atoms with Crippen molar-refractivity contribution in [3.05, 3.63) is 35.0 Å². The molecule has 3 N–H and O–H groups in total. The van der Waals surface area contributed by atoms with E-state index in [-0.39, 0.29) is 11.4 Å². The lowest BCUT2D eigenvalue weighted by atomic mass is 10.4. The smallest absolute Gasteiger partial charge is 0.244 e. The second kappa shape index (κ2) is 6.33. The topological polar surface area (TPSA) is 99.8 Å². The average Bonchev–Trinajstić information content (AvgIpc) is 2.92. The van der Waals surface area contributed by atoms with Crippen LogP contribution in [-0.2, 0) is 16.6 Å². The van der Waals surface area contributed by atoms with E-state index < -0.39 is 10.0 Å². The number of aromatic nitrogens is 3. The standard InChI is InChI=1S/C11H14BrN5O2S/c1-2-13-11-9(5-8(12)6-16-11)20(18,19)17-7-10-14-3-4-15-10/h3-6,17H,2,7H2,1H3,(H,13,16)(H,14,15). The molecule has 9 heteroatoms. The summed E-state index contributed by atoms with van der Waals surface area (Å²) in [6.45, 7) is 2.54. The highest BCUT2D eigenvalue weighted by Gasteiger charge is 2.20. The minimum atomic E-state index is -3.68. The number of nitrogens with one attached hydrogen (secondary N) is 3. The maximum Gasteiger partial charge on any atom is 0.244 e. The van der Waals surface area contributed by atoms with E-state index >= 15 is 0 Å². The zero-order chi connectivity index (χ0) is 14.6. The Morgan fingerprint density at radius 2 is 2.20 bits per heavy atom. The first kappa shape index (κ1) is 14.9. The summed E-state index contributed by atoms with van der Waals surface area (Å²) in [6.07, 6.45) is 4.74. The van der Waals surface area contributed by atoms with Crippen molar-refractivity contribution in [3.63, 3.8) is 0 Å². The summed E-state index contributed by atoms with van der Waals surface area (Å²) in [5, 5.41) is 2.93. The number of sulfonamides is 1. The molecule has 0 amide bonds. The molecule has 108 valence electrons. The summed E-state index contributed by atoms with van der Waals surface area (Å²) in [6, 6.07) is 1.51. The summed E-state index contributed by atoms with van der Waals surface area (Å²) < 4.78 is 27.7. The lowest BCUT2D eigenvalue weighted by molar-refractivity contribution is 0.579. The van der Waals surface area contributed by atoms with Crippen molar-refractivity contribution in [1.29, 1.82) is 0 Å². The van der Waals surface area contributed by atoms with Gasteiger partial charge in [-0.3, -0.25) is 0 Å². The fourth-order valence-electron chi connectivity index (χ4n) is 1.56. The van der Waals surface area contributed by atoms with Crippen LogP contribution in [0.4, 0.5) is 5.82 Å². The summed E-state index contributed by atoms with van der Waals surface area (Å²) in [7, 11) is -3.68. The Bertz CT molecular complexity index is 672. The molecule has 0 aromatic carbocycles. The molecule has 0 aliphatic heterocycles. The molecule has 0 bridgehead atoms. The van der Waals surface area contributed by atoms with Crippen molar-refractivity contribution < 1.29 is 8.42 Å². The monoisotopic (exact) mass is 359 g/mol. The number of anilines is 1. The number of aromatic amines is 1. The molecule has 0 saturated carbocycles. The molecule has 2 rings (SSSR count). The van der Waals surface area contributed by atoms with E-state index in [1.165, 1.54) is 6.07 Å². The van der Waals surface area contributed by atoms with Gasteiger partial charge in [0.25, 0.3) is 0 Å². The highest BCUT2D eigenvalue weighted by Crippen LogP contribution is 2.22. The third-order valence-electron chi connectivity index (χ3n) is 2.44. The lowest BCUT2D eigenvalue weighted by Crippen LogP contribution is -2.25. The molecule has 7 nitrogen and oxygen atoms in total. The maximum absolute atomic E-state index is 12.3. The molecule has 0 atom stereocenters. The normalized spacial score (nSPS) is 11.5. The number of rotatable bonds is 6. The summed E-state index contributed by atoms with van der Waals surface area (Å²) >= 11 is 3.23. The molecule has 0 unspecified atom stereocenters. The second-order valence-corrected chi connectivity index (χ2v) is 6.54. The van der Waals surface area contributed by atoms with Crippen molar-refractivity contribution in [3.8, 4) is 0 Å². The van der Waals surface area contributed by atoms with Crippen LogP contribution in [0, 0.1) is 0 Å². The van der Waals surface area contributed by atoms with E-state index in [0.29, 0.717) is 22.7 Å². The molecular formula is C11H14BrN5O2S. The SMILES string of the molecule is CCNc1ncc(Br)cc1S(=O)(=O)NCc1ncc[nH]1. The third-order valence-corrected chi connectivity index (χ3v) is 4.29. The Kier molecular flexibility index (Phi) is 4.73. The van der Waals surface area contributed by atoms with Crippen LogP contribution in [-0.4, -0.2) is 29.9 Å². The summed E-state index contributed by atoms with van der Waals surface area (Å²) in [4.78, 5) is 11.0. The van der Waals surface area contributed by atoms with Crippen LogP contribution in [0.15, 0.2) is 34.0 Å². The van der Waals surface area contributed by atoms with E-state index in [1.807, 2.05) is 6.92 Å². The third kappa shape index (κ3) is 3.56. The van der Waals surface area contributed by atoms with E-state index in [1.54, 1.807) is 18.6 Å². The first-order chi connectivity index (χ1) is 9.53. The molecule has 0 saturated heterocycles. The van der Waals surface area contributed by atoms with Gasteiger partial charge in [-0.2, -0.15) is 0 Å². The van der Waals surface area contributed by atoms with Gasteiger partial charge in [0.1, 0.15) is 16.5 Å². The van der Waals surface area contributed by atoms with Gasteiger partial charge < -0.3 is 10.3 Å². The predicted octanol–water partition coefficient (Wildman–Crippen LogP) is 1.48. The zero-order valence-electron chi connectivity index (χ0n) is 10.7. The second-order valence-electron chi connectivity index (χ2n) is 3.89. The fourth-order valence-corrected chi connectivity index (χ4v) is 3.19. The van der Waals surface area contributed by atoms with Crippen LogP contribution < -0.4 is 10.0 Å². The first-order valence-corrected chi connectivity index (χ1v) is 8.18. The number of hydrogen-bond donors (Lipinski definition) is 3. The van der Waals surface area contributed by atoms with Gasteiger partial charge in [-0.15, -0.1) is 0 Å². The van der Waals surface area contributed by atoms with Gasteiger partial charge in [-0.25, -0.2) is 23.1 Å². The van der Waals surface area contributed by atoms with Crippen molar-refractivity contribution in [2.75, 3.05) is 11.9 Å². The Balaban J connectivity index is 2.26. The van der Waals surface area contributed by atoms with Gasteiger partial charge in [-0.05, 0) is 28.9 Å². The summed E-state index contributed by atoms with van der Waals surface area (Å²) in [5.74, 6) is 0.865. The molecule has 2 aromatic rings. The minimum Gasteiger partial charge on any atom is -0.369 e. The van der Waals surface area contributed by atoms with Crippen LogP contribution in [0.25, 0.3) is 0 Å². The largest absolute Gasteiger partial charge is 0.369 e. The van der Waals surface area contributed by atoms with Crippen molar-refractivity contribution in [2.45, 2.75) is 18.4 Å². The predicted molar refractivity (Wildman–Crippen MR) is 78.7 cm³/mol. The summed E-state index contributed by atoms with van der Waals surface area (Å²) in [5.41, 5.74) is 0. The quantitative estimate of drug-likeness (QED) is 0.725. The molecule has 0 spiro atoms. The van der Waals surface area contributed by atoms with E-state index in [9.17, 15) is 8.42 Å². The number of halogens is 1. The molecule has 0 radical (unpaired) electrons. The van der Waals surface area contributed by atoms with Crippen LogP contribution in [0.3, 0.4) is 0 Å². The van der Waals surface area contributed by atoms with Crippen molar-refractivity contribution in [2.24, 2.45) is 0 Å². The molecule has 0 fully saturated rings.